The first kappa shape index (κ1) is 14.9. The molecule has 0 aliphatic rings. The Morgan fingerprint density at radius 1 is 1.52 bits per heavy atom. The number of halogens is 2. The van der Waals surface area contributed by atoms with Crippen LogP contribution in [0.5, 0.6) is 0 Å². The third-order valence-corrected chi connectivity index (χ3v) is 2.73. The Morgan fingerprint density at radius 3 is 3.05 bits per heavy atom. The number of anilines is 2. The van der Waals surface area contributed by atoms with E-state index in [1.807, 2.05) is 0 Å². The predicted molar refractivity (Wildman–Crippen MR) is 75.0 cm³/mol. The van der Waals surface area contributed by atoms with E-state index >= 15 is 0 Å². The van der Waals surface area contributed by atoms with Gasteiger partial charge in [-0.05, 0) is 44.4 Å². The normalized spacial score (nSPS) is 10.6. The van der Waals surface area contributed by atoms with Crippen LogP contribution in [0, 0.1) is 5.82 Å². The zero-order valence-corrected chi connectivity index (χ0v) is 12.2. The number of hydrogen-bond acceptors (Lipinski definition) is 7. The molecule has 0 unspecified atom stereocenters. The van der Waals surface area contributed by atoms with E-state index in [0.717, 1.165) is 0 Å². The SMILES string of the molecule is CC(=O)Nc1nonc1/C=N/ONc1ccc(F)c(Br)c1. The number of carbonyl (C=O) groups excluding carboxylic acids is 1. The summed E-state index contributed by atoms with van der Waals surface area (Å²) in [5, 5.41) is 13.0. The zero-order valence-electron chi connectivity index (χ0n) is 10.6. The van der Waals surface area contributed by atoms with Crippen molar-refractivity contribution in [3.05, 3.63) is 34.2 Å². The first-order valence-electron chi connectivity index (χ1n) is 5.57. The van der Waals surface area contributed by atoms with Gasteiger partial charge in [0.2, 0.25) is 11.7 Å². The van der Waals surface area contributed by atoms with Crippen LogP contribution in [0.1, 0.15) is 12.6 Å². The molecule has 0 bridgehead atoms. The third kappa shape index (κ3) is 4.24. The Morgan fingerprint density at radius 2 is 2.33 bits per heavy atom. The Balaban J connectivity index is 1.92. The molecule has 1 heterocycles. The van der Waals surface area contributed by atoms with Crippen LogP contribution >= 0.6 is 15.9 Å². The van der Waals surface area contributed by atoms with E-state index in [1.165, 1.54) is 31.3 Å². The molecule has 0 aliphatic carbocycles. The van der Waals surface area contributed by atoms with E-state index in [0.29, 0.717) is 5.69 Å². The van der Waals surface area contributed by atoms with Gasteiger partial charge >= 0.3 is 0 Å². The number of hydrogen-bond donors (Lipinski definition) is 2. The average molecular weight is 358 g/mol. The maximum Gasteiger partial charge on any atom is 0.222 e. The molecule has 21 heavy (non-hydrogen) atoms. The zero-order chi connectivity index (χ0) is 15.2. The first-order valence-corrected chi connectivity index (χ1v) is 6.36. The minimum absolute atomic E-state index is 0.124. The fourth-order valence-electron chi connectivity index (χ4n) is 1.25. The number of nitrogens with zero attached hydrogens (tertiary/aromatic N) is 3. The Hall–Kier alpha value is -2.49. The van der Waals surface area contributed by atoms with Crippen LogP contribution in [-0.4, -0.2) is 22.4 Å². The minimum Gasteiger partial charge on any atom is -0.306 e. The van der Waals surface area contributed by atoms with Gasteiger partial charge < -0.3 is 5.32 Å². The Bertz CT molecular complexity index is 676. The van der Waals surface area contributed by atoms with Gasteiger partial charge in [0.05, 0.1) is 10.2 Å². The Kier molecular flexibility index (Phi) is 4.82. The molecule has 0 atom stereocenters. The summed E-state index contributed by atoms with van der Waals surface area (Å²) < 4.78 is 17.8. The monoisotopic (exact) mass is 357 g/mol. The van der Waals surface area contributed by atoms with Crippen molar-refractivity contribution >= 4 is 39.6 Å². The second-order valence-electron chi connectivity index (χ2n) is 3.74. The van der Waals surface area contributed by atoms with Crippen LogP contribution in [0.4, 0.5) is 15.9 Å². The number of nitrogens with one attached hydrogen (secondary N) is 2. The van der Waals surface area contributed by atoms with Crippen LogP contribution < -0.4 is 10.8 Å². The molecule has 0 aliphatic heterocycles. The number of rotatable bonds is 5. The lowest BCUT2D eigenvalue weighted by molar-refractivity contribution is -0.114. The summed E-state index contributed by atoms with van der Waals surface area (Å²) in [7, 11) is 0. The molecule has 2 N–H and O–H groups in total. The van der Waals surface area contributed by atoms with Gasteiger partial charge in [0, 0.05) is 6.92 Å². The van der Waals surface area contributed by atoms with E-state index in [4.69, 9.17) is 4.94 Å². The molecular weight excluding hydrogens is 349 g/mol. The van der Waals surface area contributed by atoms with Crippen molar-refractivity contribution in [3.8, 4) is 0 Å². The van der Waals surface area contributed by atoms with Gasteiger partial charge in [0.25, 0.3) is 0 Å². The van der Waals surface area contributed by atoms with Crippen molar-refractivity contribution in [2.75, 3.05) is 10.8 Å². The van der Waals surface area contributed by atoms with Gasteiger partial charge in [-0.15, -0.1) is 0 Å². The fraction of sp³-hybridized carbons (Fsp3) is 0.0909. The molecule has 0 fully saturated rings. The van der Waals surface area contributed by atoms with E-state index < -0.39 is 5.82 Å². The topological polar surface area (TPSA) is 102 Å². The molecule has 0 saturated carbocycles. The highest BCUT2D eigenvalue weighted by molar-refractivity contribution is 9.10. The van der Waals surface area contributed by atoms with Crippen LogP contribution in [0.2, 0.25) is 0 Å². The second kappa shape index (κ2) is 6.79. The maximum atomic E-state index is 13.0. The molecule has 8 nitrogen and oxygen atoms in total. The van der Waals surface area contributed by atoms with Gasteiger partial charge in [-0.1, -0.05) is 5.16 Å². The van der Waals surface area contributed by atoms with Gasteiger partial charge in [-0.3, -0.25) is 9.73 Å². The summed E-state index contributed by atoms with van der Waals surface area (Å²) in [6.45, 7) is 1.32. The van der Waals surface area contributed by atoms with Crippen LogP contribution in [0.3, 0.4) is 0 Å². The summed E-state index contributed by atoms with van der Waals surface area (Å²) in [5.74, 6) is -0.590. The summed E-state index contributed by atoms with van der Waals surface area (Å²) in [4.78, 5) is 15.7. The molecule has 1 aromatic heterocycles. The highest BCUT2D eigenvalue weighted by atomic mass is 79.9. The van der Waals surface area contributed by atoms with Crippen LogP contribution in [0.15, 0.2) is 32.5 Å². The Labute approximate surface area is 126 Å². The lowest BCUT2D eigenvalue weighted by Gasteiger charge is -2.03. The quantitative estimate of drug-likeness (QED) is 0.628. The van der Waals surface area contributed by atoms with Crippen molar-refractivity contribution in [3.63, 3.8) is 0 Å². The van der Waals surface area contributed by atoms with Crippen LogP contribution in [0.25, 0.3) is 0 Å². The molecule has 110 valence electrons. The van der Waals surface area contributed by atoms with E-state index in [9.17, 15) is 9.18 Å². The molecule has 0 spiro atoms. The molecule has 2 aromatic rings. The highest BCUT2D eigenvalue weighted by Gasteiger charge is 2.08. The largest absolute Gasteiger partial charge is 0.306 e. The first-order chi connectivity index (χ1) is 10.1. The molecule has 0 saturated heterocycles. The van der Waals surface area contributed by atoms with Gasteiger partial charge in [0.15, 0.2) is 5.69 Å². The maximum absolute atomic E-state index is 13.0. The number of aromatic nitrogens is 2. The molecule has 0 radical (unpaired) electrons. The van der Waals surface area contributed by atoms with Crippen molar-refractivity contribution in [2.45, 2.75) is 6.92 Å². The third-order valence-electron chi connectivity index (χ3n) is 2.12. The van der Waals surface area contributed by atoms with Crippen molar-refractivity contribution in [1.82, 2.24) is 10.3 Å². The lowest BCUT2D eigenvalue weighted by atomic mass is 10.3. The molecular formula is C11H9BrFN5O3. The van der Waals surface area contributed by atoms with Gasteiger partial charge in [-0.25, -0.2) is 9.02 Å². The fourth-order valence-corrected chi connectivity index (χ4v) is 1.63. The predicted octanol–water partition coefficient (Wildman–Crippen LogP) is 2.31. The second-order valence-corrected chi connectivity index (χ2v) is 4.59. The van der Waals surface area contributed by atoms with Gasteiger partial charge in [0.1, 0.15) is 12.0 Å². The average Bonchev–Trinajstić information content (AvgIpc) is 2.85. The molecule has 1 aromatic carbocycles. The number of carbonyl (C=O) groups is 1. The van der Waals surface area contributed by atoms with Crippen molar-refractivity contribution in [2.24, 2.45) is 5.16 Å². The number of benzene rings is 1. The lowest BCUT2D eigenvalue weighted by Crippen LogP contribution is -2.08. The summed E-state index contributed by atoms with van der Waals surface area (Å²) in [5.41, 5.74) is 3.15. The number of oxime groups is 1. The smallest absolute Gasteiger partial charge is 0.222 e. The summed E-state index contributed by atoms with van der Waals surface area (Å²) in [6, 6.07) is 4.21. The van der Waals surface area contributed by atoms with Crippen molar-refractivity contribution < 1.29 is 18.8 Å². The standard InChI is InChI=1S/C11H9BrFN5O3/c1-6(19)15-11-10(17-21-18-11)5-14-20-16-7-2-3-9(13)8(12)4-7/h2-5,16H,1H3,(H,15,18,19)/b14-5+. The van der Waals surface area contributed by atoms with E-state index in [-0.39, 0.29) is 21.9 Å². The minimum atomic E-state index is -0.391. The van der Waals surface area contributed by atoms with E-state index in [2.05, 4.69) is 46.8 Å². The number of amides is 1. The summed E-state index contributed by atoms with van der Waals surface area (Å²) >= 11 is 3.04. The molecule has 2 rings (SSSR count). The molecule has 10 heteroatoms. The van der Waals surface area contributed by atoms with E-state index in [1.54, 1.807) is 0 Å². The highest BCUT2D eigenvalue weighted by Crippen LogP contribution is 2.19. The molecule has 1 amide bonds. The van der Waals surface area contributed by atoms with Gasteiger partial charge in [-0.2, -0.15) is 5.48 Å². The summed E-state index contributed by atoms with van der Waals surface area (Å²) in [6.07, 6.45) is 1.19. The van der Waals surface area contributed by atoms with Crippen LogP contribution in [-0.2, 0) is 9.73 Å². The van der Waals surface area contributed by atoms with Crippen molar-refractivity contribution in [1.29, 1.82) is 0 Å².